The van der Waals surface area contributed by atoms with Crippen molar-refractivity contribution in [3.05, 3.63) is 101 Å². The first kappa shape index (κ1) is 46.8. The molecule has 5 aromatic rings. The Morgan fingerprint density at radius 2 is 1.38 bits per heavy atom. The minimum absolute atomic E-state index is 0.0153. The number of nitrogens with zero attached hydrogens (tertiary/aromatic N) is 2. The Morgan fingerprint density at radius 3 is 2.02 bits per heavy atom. The van der Waals surface area contributed by atoms with Crippen LogP contribution in [0.5, 0.6) is 17.2 Å². The molecule has 0 aliphatic heterocycles. The van der Waals surface area contributed by atoms with Gasteiger partial charge in [0.25, 0.3) is 15.6 Å². The summed E-state index contributed by atoms with van der Waals surface area (Å²) in [5, 5.41) is 0.314. The smallest absolute Gasteiger partial charge is 0.332 e. The molecular formula is C43H53N3O13S2. The monoisotopic (exact) mass is 883 g/mol. The molecule has 330 valence electrons. The standard InChI is InChI=1S/C43H53N3O13S2/c1-7-60(49,50)44-32-13-16-39(37(27-32)38-29-45(6)42(48)41-36(38)17-18-46(41)61(51,52)35-14-11-31(2)12-15-35)58-34-10-8-9-33(28-34)57-26-25-55-22-21-53-19-20-54-23-24-56-30-40(47)59-43(3,4)5/h8-18,27-29,44H,7,19-26,30H2,1-6H3. The van der Waals surface area contributed by atoms with Gasteiger partial charge in [0.1, 0.15) is 41.6 Å². The van der Waals surface area contributed by atoms with Crippen LogP contribution >= 0.6 is 0 Å². The Morgan fingerprint density at radius 1 is 0.754 bits per heavy atom. The minimum Gasteiger partial charge on any atom is -0.491 e. The maximum atomic E-state index is 13.8. The highest BCUT2D eigenvalue weighted by atomic mass is 32.2. The zero-order valence-electron chi connectivity index (χ0n) is 35.2. The van der Waals surface area contributed by atoms with Gasteiger partial charge in [0.15, 0.2) is 0 Å². The molecule has 0 saturated carbocycles. The summed E-state index contributed by atoms with van der Waals surface area (Å²) in [6, 6.07) is 19.5. The fraction of sp³-hybridized carbons (Fsp3) is 0.395. The van der Waals surface area contributed by atoms with Crippen molar-refractivity contribution in [3.8, 4) is 28.4 Å². The minimum atomic E-state index is -4.17. The molecule has 0 unspecified atom stereocenters. The van der Waals surface area contributed by atoms with Gasteiger partial charge in [-0.25, -0.2) is 25.6 Å². The predicted octanol–water partition coefficient (Wildman–Crippen LogP) is 5.89. The molecule has 3 aromatic carbocycles. The van der Waals surface area contributed by atoms with Gasteiger partial charge in [-0.2, -0.15) is 0 Å². The van der Waals surface area contributed by atoms with E-state index < -0.39 is 37.2 Å². The number of anilines is 1. The summed E-state index contributed by atoms with van der Waals surface area (Å²) in [5.74, 6) is 0.607. The summed E-state index contributed by atoms with van der Waals surface area (Å²) in [6.45, 7) is 11.2. The lowest BCUT2D eigenvalue weighted by Gasteiger charge is -2.19. The van der Waals surface area contributed by atoms with E-state index in [-0.39, 0.29) is 41.7 Å². The first-order valence-corrected chi connectivity index (χ1v) is 22.7. The molecular weight excluding hydrogens is 831 g/mol. The van der Waals surface area contributed by atoms with Crippen molar-refractivity contribution in [2.75, 3.05) is 69.9 Å². The number of hydrogen-bond acceptors (Lipinski definition) is 13. The average molecular weight is 884 g/mol. The number of aromatic nitrogens is 2. The van der Waals surface area contributed by atoms with Gasteiger partial charge in [0, 0.05) is 47.7 Å². The van der Waals surface area contributed by atoms with Gasteiger partial charge in [-0.05, 0) is 83.1 Å². The van der Waals surface area contributed by atoms with Crippen LogP contribution in [0.1, 0.15) is 33.3 Å². The predicted molar refractivity (Wildman–Crippen MR) is 231 cm³/mol. The molecule has 0 aliphatic rings. The zero-order chi connectivity index (χ0) is 44.2. The highest BCUT2D eigenvalue weighted by Gasteiger charge is 2.25. The molecule has 0 spiro atoms. The maximum Gasteiger partial charge on any atom is 0.332 e. The third-order valence-corrected chi connectivity index (χ3v) is 11.8. The molecule has 18 heteroatoms. The topological polar surface area (TPSA) is 189 Å². The Labute approximate surface area is 356 Å². The summed E-state index contributed by atoms with van der Waals surface area (Å²) in [6.07, 6.45) is 2.89. The first-order chi connectivity index (χ1) is 29.0. The van der Waals surface area contributed by atoms with E-state index in [4.69, 9.17) is 33.2 Å². The van der Waals surface area contributed by atoms with Crippen molar-refractivity contribution in [2.24, 2.45) is 7.05 Å². The molecule has 2 aromatic heterocycles. The molecule has 16 nitrogen and oxygen atoms in total. The van der Waals surface area contributed by atoms with Gasteiger partial charge in [0.2, 0.25) is 10.0 Å². The molecule has 61 heavy (non-hydrogen) atoms. The molecule has 0 atom stereocenters. The molecule has 0 radical (unpaired) electrons. The summed E-state index contributed by atoms with van der Waals surface area (Å²) in [7, 11) is -6.33. The van der Waals surface area contributed by atoms with Gasteiger partial charge in [-0.3, -0.25) is 9.52 Å². The molecule has 5 rings (SSSR count). The fourth-order valence-corrected chi connectivity index (χ4v) is 7.85. The number of carbonyl (C=O) groups is 1. The number of aryl methyl sites for hydroxylation is 2. The van der Waals surface area contributed by atoms with Crippen molar-refractivity contribution in [1.82, 2.24) is 8.54 Å². The number of sulfonamides is 1. The van der Waals surface area contributed by atoms with Crippen molar-refractivity contribution in [1.29, 1.82) is 0 Å². The second kappa shape index (κ2) is 21.0. The van der Waals surface area contributed by atoms with Crippen molar-refractivity contribution >= 4 is 42.6 Å². The van der Waals surface area contributed by atoms with E-state index in [2.05, 4.69) is 4.72 Å². The number of nitrogens with one attached hydrogen (secondary N) is 1. The van der Waals surface area contributed by atoms with Gasteiger partial charge in [-0.15, -0.1) is 0 Å². The fourth-order valence-electron chi connectivity index (χ4n) is 5.87. The Kier molecular flexibility index (Phi) is 16.1. The van der Waals surface area contributed by atoms with Crippen LogP contribution < -0.4 is 19.8 Å². The van der Waals surface area contributed by atoms with E-state index in [1.54, 1.807) is 81.6 Å². The van der Waals surface area contributed by atoms with Gasteiger partial charge in [0.05, 0.1) is 56.9 Å². The summed E-state index contributed by atoms with van der Waals surface area (Å²) in [5.41, 5.74) is 0.744. The summed E-state index contributed by atoms with van der Waals surface area (Å²) < 4.78 is 96.9. The Bertz CT molecular complexity index is 2550. The Hall–Kier alpha value is -5.24. The molecule has 0 bridgehead atoms. The number of hydrogen-bond donors (Lipinski definition) is 1. The van der Waals surface area contributed by atoms with Crippen LogP contribution in [0, 0.1) is 6.92 Å². The highest BCUT2D eigenvalue weighted by molar-refractivity contribution is 7.92. The lowest BCUT2D eigenvalue weighted by Crippen LogP contribution is -2.27. The molecule has 0 fully saturated rings. The SMILES string of the molecule is CCS(=O)(=O)Nc1ccc(Oc2cccc(OCCOCCOCCOCCOCC(=O)OC(C)(C)C)c2)c(-c2cn(C)c(=O)c3c2ccn3S(=O)(=O)c2ccc(C)cc2)c1. The van der Waals surface area contributed by atoms with Crippen LogP contribution in [-0.4, -0.2) is 102 Å². The van der Waals surface area contributed by atoms with Crippen LogP contribution in [0.2, 0.25) is 0 Å². The van der Waals surface area contributed by atoms with Gasteiger partial charge >= 0.3 is 5.97 Å². The second-order valence-electron chi connectivity index (χ2n) is 14.8. The van der Waals surface area contributed by atoms with Crippen molar-refractivity contribution in [2.45, 2.75) is 45.1 Å². The lowest BCUT2D eigenvalue weighted by atomic mass is 10.0. The summed E-state index contributed by atoms with van der Waals surface area (Å²) in [4.78, 5) is 25.3. The molecule has 1 N–H and O–H groups in total. The van der Waals surface area contributed by atoms with Crippen LogP contribution in [0.15, 0.2) is 94.9 Å². The summed E-state index contributed by atoms with van der Waals surface area (Å²) >= 11 is 0. The van der Waals surface area contributed by atoms with Gasteiger partial charge < -0.3 is 37.7 Å². The normalized spacial score (nSPS) is 12.1. The zero-order valence-corrected chi connectivity index (χ0v) is 36.8. The third kappa shape index (κ3) is 13.4. The molecule has 2 heterocycles. The lowest BCUT2D eigenvalue weighted by molar-refractivity contribution is -0.160. The van der Waals surface area contributed by atoms with E-state index in [1.165, 1.54) is 42.9 Å². The number of pyridine rings is 1. The van der Waals surface area contributed by atoms with E-state index >= 15 is 0 Å². The van der Waals surface area contributed by atoms with E-state index in [0.29, 0.717) is 73.4 Å². The molecule has 0 saturated heterocycles. The molecule has 0 amide bonds. The first-order valence-electron chi connectivity index (χ1n) is 19.6. The number of ether oxygens (including phenoxy) is 7. The largest absolute Gasteiger partial charge is 0.491 e. The number of esters is 1. The Balaban J connectivity index is 1.21. The molecule has 0 aliphatic carbocycles. The van der Waals surface area contributed by atoms with E-state index in [9.17, 15) is 26.4 Å². The van der Waals surface area contributed by atoms with Crippen molar-refractivity contribution < 1.29 is 54.8 Å². The van der Waals surface area contributed by atoms with Gasteiger partial charge in [-0.1, -0.05) is 23.8 Å². The van der Waals surface area contributed by atoms with E-state index in [0.717, 1.165) is 9.54 Å². The number of carbonyl (C=O) groups excluding carboxylic acids is 1. The number of fused-ring (bicyclic) bond motifs is 1. The second-order valence-corrected chi connectivity index (χ2v) is 18.6. The quantitative estimate of drug-likeness (QED) is 0.0605. The highest BCUT2D eigenvalue weighted by Crippen LogP contribution is 2.40. The number of rotatable bonds is 23. The average Bonchev–Trinajstić information content (AvgIpc) is 3.66. The van der Waals surface area contributed by atoms with Crippen LogP contribution in [0.3, 0.4) is 0 Å². The van der Waals surface area contributed by atoms with E-state index in [1.807, 2.05) is 6.92 Å². The third-order valence-electron chi connectivity index (χ3n) is 8.77. The van der Waals surface area contributed by atoms with Crippen LogP contribution in [-0.2, 0) is 55.6 Å². The number of benzene rings is 3. The van der Waals surface area contributed by atoms with Crippen LogP contribution in [0.25, 0.3) is 22.0 Å². The van der Waals surface area contributed by atoms with Crippen LogP contribution in [0.4, 0.5) is 5.69 Å². The van der Waals surface area contributed by atoms with Crippen molar-refractivity contribution in [3.63, 3.8) is 0 Å². The maximum absolute atomic E-state index is 13.8.